The van der Waals surface area contributed by atoms with E-state index in [0.717, 1.165) is 17.0 Å². The fourth-order valence-electron chi connectivity index (χ4n) is 1.87. The fraction of sp³-hybridized carbons (Fsp3) is 0.214. The SMILES string of the molecule is NC(=O)c1csc(CNCC(O)c2c(F)cccc2F)c1. The Morgan fingerprint density at radius 2 is 2.05 bits per heavy atom. The number of benzene rings is 1. The predicted molar refractivity (Wildman–Crippen MR) is 75.9 cm³/mol. The van der Waals surface area contributed by atoms with Crippen LogP contribution in [0.1, 0.15) is 26.9 Å². The molecule has 1 aromatic heterocycles. The maximum absolute atomic E-state index is 13.5. The van der Waals surface area contributed by atoms with E-state index in [-0.39, 0.29) is 12.1 Å². The number of amides is 1. The van der Waals surface area contributed by atoms with Gasteiger partial charge in [0.15, 0.2) is 0 Å². The second kappa shape index (κ2) is 6.75. The third-order valence-electron chi connectivity index (χ3n) is 2.91. The van der Waals surface area contributed by atoms with Crippen LogP contribution in [0, 0.1) is 11.6 Å². The second-order valence-electron chi connectivity index (χ2n) is 4.45. The summed E-state index contributed by atoms with van der Waals surface area (Å²) >= 11 is 1.34. The summed E-state index contributed by atoms with van der Waals surface area (Å²) in [6.07, 6.45) is -1.29. The number of thiophene rings is 1. The average molecular weight is 312 g/mol. The van der Waals surface area contributed by atoms with E-state index in [1.54, 1.807) is 11.4 Å². The highest BCUT2D eigenvalue weighted by atomic mass is 32.1. The topological polar surface area (TPSA) is 75.4 Å². The van der Waals surface area contributed by atoms with Crippen LogP contribution in [0.15, 0.2) is 29.6 Å². The number of nitrogens with two attached hydrogens (primary N) is 1. The van der Waals surface area contributed by atoms with E-state index in [2.05, 4.69) is 5.32 Å². The minimum Gasteiger partial charge on any atom is -0.387 e. The third-order valence-corrected chi connectivity index (χ3v) is 3.84. The fourth-order valence-corrected chi connectivity index (χ4v) is 2.71. The van der Waals surface area contributed by atoms with Gasteiger partial charge in [0, 0.05) is 23.3 Å². The zero-order valence-corrected chi connectivity index (χ0v) is 11.8. The molecule has 1 amide bonds. The lowest BCUT2D eigenvalue weighted by Gasteiger charge is -2.13. The molecule has 0 aliphatic carbocycles. The first kappa shape index (κ1) is 15.6. The molecule has 2 aromatic rings. The first-order chi connectivity index (χ1) is 9.99. The minimum absolute atomic E-state index is 0.0122. The smallest absolute Gasteiger partial charge is 0.249 e. The van der Waals surface area contributed by atoms with Gasteiger partial charge in [0.05, 0.1) is 17.2 Å². The van der Waals surface area contributed by atoms with E-state index < -0.39 is 23.6 Å². The van der Waals surface area contributed by atoms with Crippen LogP contribution in [-0.4, -0.2) is 17.6 Å². The van der Waals surface area contributed by atoms with Gasteiger partial charge in [-0.25, -0.2) is 8.78 Å². The molecule has 0 saturated carbocycles. The van der Waals surface area contributed by atoms with Crippen molar-refractivity contribution < 1.29 is 18.7 Å². The van der Waals surface area contributed by atoms with E-state index in [1.807, 2.05) is 0 Å². The molecular formula is C14H14F2N2O2S. The molecule has 0 aliphatic heterocycles. The maximum Gasteiger partial charge on any atom is 0.249 e. The van der Waals surface area contributed by atoms with Gasteiger partial charge in [-0.15, -0.1) is 11.3 Å². The Labute approximate surface area is 124 Å². The summed E-state index contributed by atoms with van der Waals surface area (Å²) in [5, 5.41) is 14.4. The molecule has 0 fully saturated rings. The Balaban J connectivity index is 1.92. The number of hydrogen-bond acceptors (Lipinski definition) is 4. The summed E-state index contributed by atoms with van der Waals surface area (Å²) in [7, 11) is 0. The van der Waals surface area contributed by atoms with Gasteiger partial charge in [0.2, 0.25) is 5.91 Å². The first-order valence-electron chi connectivity index (χ1n) is 6.19. The normalized spacial score (nSPS) is 12.3. The van der Waals surface area contributed by atoms with Gasteiger partial charge < -0.3 is 16.2 Å². The summed E-state index contributed by atoms with van der Waals surface area (Å²) in [6.45, 7) is 0.354. The van der Waals surface area contributed by atoms with Crippen LogP contribution in [0.4, 0.5) is 8.78 Å². The van der Waals surface area contributed by atoms with E-state index in [1.165, 1.54) is 17.4 Å². The van der Waals surface area contributed by atoms with Crippen LogP contribution < -0.4 is 11.1 Å². The summed E-state index contributed by atoms with van der Waals surface area (Å²) in [6, 6.07) is 5.07. The molecule has 4 nitrogen and oxygen atoms in total. The summed E-state index contributed by atoms with van der Waals surface area (Å²) in [5.41, 5.74) is 5.20. The predicted octanol–water partition coefficient (Wildman–Crippen LogP) is 1.95. The van der Waals surface area contributed by atoms with E-state index in [9.17, 15) is 18.7 Å². The molecule has 112 valence electrons. The first-order valence-corrected chi connectivity index (χ1v) is 7.07. The molecule has 1 atom stereocenters. The number of carbonyl (C=O) groups is 1. The number of primary amides is 1. The van der Waals surface area contributed by atoms with Crippen LogP contribution in [0.5, 0.6) is 0 Å². The van der Waals surface area contributed by atoms with Crippen molar-refractivity contribution in [3.63, 3.8) is 0 Å². The molecule has 0 saturated heterocycles. The molecule has 4 N–H and O–H groups in total. The molecule has 2 rings (SSSR count). The number of carbonyl (C=O) groups excluding carboxylic acids is 1. The van der Waals surface area contributed by atoms with Crippen molar-refractivity contribution >= 4 is 17.2 Å². The van der Waals surface area contributed by atoms with Crippen LogP contribution in [-0.2, 0) is 6.54 Å². The van der Waals surface area contributed by atoms with Gasteiger partial charge in [-0.05, 0) is 18.2 Å². The van der Waals surface area contributed by atoms with Crippen molar-refractivity contribution in [2.45, 2.75) is 12.6 Å². The van der Waals surface area contributed by atoms with E-state index >= 15 is 0 Å². The number of hydrogen-bond donors (Lipinski definition) is 3. The molecular weight excluding hydrogens is 298 g/mol. The van der Waals surface area contributed by atoms with E-state index in [0.29, 0.717) is 12.1 Å². The standard InChI is InChI=1S/C14H14F2N2O2S/c15-10-2-1-3-11(16)13(10)12(19)6-18-5-9-4-8(7-21-9)14(17)20/h1-4,7,12,18-19H,5-6H2,(H2,17,20). The van der Waals surface area contributed by atoms with Crippen molar-refractivity contribution in [2.24, 2.45) is 5.73 Å². The van der Waals surface area contributed by atoms with Crippen molar-refractivity contribution in [3.05, 3.63) is 57.3 Å². The maximum atomic E-state index is 13.5. The van der Waals surface area contributed by atoms with Gasteiger partial charge in [-0.3, -0.25) is 4.79 Å². The Kier molecular flexibility index (Phi) is 5.00. The van der Waals surface area contributed by atoms with Gasteiger partial charge in [-0.1, -0.05) is 6.07 Å². The van der Waals surface area contributed by atoms with Gasteiger partial charge in [0.25, 0.3) is 0 Å². The summed E-state index contributed by atoms with van der Waals surface area (Å²) in [4.78, 5) is 11.8. The highest BCUT2D eigenvalue weighted by molar-refractivity contribution is 7.10. The molecule has 1 unspecified atom stereocenters. The van der Waals surface area contributed by atoms with Crippen molar-refractivity contribution in [3.8, 4) is 0 Å². The molecule has 0 radical (unpaired) electrons. The summed E-state index contributed by atoms with van der Waals surface area (Å²) in [5.74, 6) is -2.07. The lowest BCUT2D eigenvalue weighted by molar-refractivity contribution is 0.100. The zero-order valence-electron chi connectivity index (χ0n) is 11.0. The number of halogens is 2. The lowest BCUT2D eigenvalue weighted by atomic mass is 10.1. The van der Waals surface area contributed by atoms with Crippen LogP contribution in [0.25, 0.3) is 0 Å². The Morgan fingerprint density at radius 1 is 1.38 bits per heavy atom. The molecule has 1 aromatic carbocycles. The molecule has 1 heterocycles. The Morgan fingerprint density at radius 3 is 2.62 bits per heavy atom. The number of aliphatic hydroxyl groups is 1. The third kappa shape index (κ3) is 3.84. The van der Waals surface area contributed by atoms with Gasteiger partial charge in [-0.2, -0.15) is 0 Å². The molecule has 21 heavy (non-hydrogen) atoms. The van der Waals surface area contributed by atoms with Crippen LogP contribution >= 0.6 is 11.3 Å². The van der Waals surface area contributed by atoms with Gasteiger partial charge >= 0.3 is 0 Å². The highest BCUT2D eigenvalue weighted by Gasteiger charge is 2.17. The number of nitrogens with one attached hydrogen (secondary N) is 1. The quantitative estimate of drug-likeness (QED) is 0.763. The van der Waals surface area contributed by atoms with E-state index in [4.69, 9.17) is 5.73 Å². The van der Waals surface area contributed by atoms with Gasteiger partial charge in [0.1, 0.15) is 11.6 Å². The Bertz CT molecular complexity index is 625. The monoisotopic (exact) mass is 312 g/mol. The zero-order chi connectivity index (χ0) is 15.4. The average Bonchev–Trinajstić information content (AvgIpc) is 2.87. The van der Waals surface area contributed by atoms with Crippen molar-refractivity contribution in [2.75, 3.05) is 6.54 Å². The highest BCUT2D eigenvalue weighted by Crippen LogP contribution is 2.20. The van der Waals surface area contributed by atoms with Crippen LogP contribution in [0.2, 0.25) is 0 Å². The minimum atomic E-state index is -1.29. The van der Waals surface area contributed by atoms with Crippen LogP contribution in [0.3, 0.4) is 0 Å². The molecule has 7 heteroatoms. The number of rotatable bonds is 6. The van der Waals surface area contributed by atoms with Crippen molar-refractivity contribution in [1.29, 1.82) is 0 Å². The molecule has 0 bridgehead atoms. The lowest BCUT2D eigenvalue weighted by Crippen LogP contribution is -2.22. The second-order valence-corrected chi connectivity index (χ2v) is 5.44. The van der Waals surface area contributed by atoms with Crippen molar-refractivity contribution in [1.82, 2.24) is 5.32 Å². The number of aliphatic hydroxyl groups excluding tert-OH is 1. The Hall–Kier alpha value is -1.83. The largest absolute Gasteiger partial charge is 0.387 e. The molecule has 0 aliphatic rings. The summed E-state index contributed by atoms with van der Waals surface area (Å²) < 4.78 is 26.9. The molecule has 0 spiro atoms.